The van der Waals surface area contributed by atoms with Crippen molar-refractivity contribution in [2.75, 3.05) is 19.7 Å². The molecule has 1 fully saturated rings. The number of hydrogen-bond acceptors (Lipinski definition) is 4. The number of piperidine rings is 1. The van der Waals surface area contributed by atoms with Crippen LogP contribution in [0.4, 0.5) is 0 Å². The quantitative estimate of drug-likeness (QED) is 0.640. The number of carbonyl (C=O) groups excluding carboxylic acids is 2. The number of rotatable bonds is 3. The maximum absolute atomic E-state index is 12.6. The van der Waals surface area contributed by atoms with E-state index in [0.717, 1.165) is 16.3 Å². The first kappa shape index (κ1) is 17.7. The van der Waals surface area contributed by atoms with Crippen LogP contribution in [-0.2, 0) is 15.1 Å². The summed E-state index contributed by atoms with van der Waals surface area (Å²) in [4.78, 5) is 26.6. The summed E-state index contributed by atoms with van der Waals surface area (Å²) in [5.74, 6) is 0.370. The fourth-order valence-electron chi connectivity index (χ4n) is 4.33. The molecule has 146 valence electrons. The van der Waals surface area contributed by atoms with Crippen molar-refractivity contribution in [3.63, 3.8) is 0 Å². The predicted octanol–water partition coefficient (Wildman–Crippen LogP) is 3.91. The second kappa shape index (κ2) is 6.92. The summed E-state index contributed by atoms with van der Waals surface area (Å²) in [6, 6.07) is 21.4. The molecule has 5 heteroatoms. The topological polar surface area (TPSA) is 55.8 Å². The Balaban J connectivity index is 1.22. The summed E-state index contributed by atoms with van der Waals surface area (Å²) in [5.41, 5.74) is 1.00. The summed E-state index contributed by atoms with van der Waals surface area (Å²) in [6.45, 7) is 1.09. The van der Waals surface area contributed by atoms with E-state index in [4.69, 9.17) is 9.47 Å². The molecule has 29 heavy (non-hydrogen) atoms. The van der Waals surface area contributed by atoms with Gasteiger partial charge in [0.1, 0.15) is 11.4 Å². The number of fused-ring (bicyclic) bond motifs is 3. The van der Waals surface area contributed by atoms with E-state index < -0.39 is 5.60 Å². The summed E-state index contributed by atoms with van der Waals surface area (Å²) >= 11 is 0. The van der Waals surface area contributed by atoms with Crippen LogP contribution in [0.15, 0.2) is 66.7 Å². The largest absolute Gasteiger partial charge is 0.484 e. The number of benzene rings is 3. The van der Waals surface area contributed by atoms with Crippen LogP contribution in [0, 0.1) is 0 Å². The molecule has 1 spiro atoms. The third-order valence-corrected chi connectivity index (χ3v) is 5.93. The van der Waals surface area contributed by atoms with Crippen LogP contribution >= 0.6 is 0 Å². The maximum Gasteiger partial charge on any atom is 0.339 e. The van der Waals surface area contributed by atoms with Gasteiger partial charge in [0.2, 0.25) is 0 Å². The molecule has 1 saturated heterocycles. The maximum atomic E-state index is 12.6. The van der Waals surface area contributed by atoms with E-state index in [-0.39, 0.29) is 18.5 Å². The van der Waals surface area contributed by atoms with Crippen LogP contribution in [-0.4, -0.2) is 36.5 Å². The number of hydrogen-bond donors (Lipinski definition) is 0. The number of ether oxygens (including phenoxy) is 2. The van der Waals surface area contributed by atoms with Crippen LogP contribution in [0.25, 0.3) is 10.8 Å². The van der Waals surface area contributed by atoms with Gasteiger partial charge in [0, 0.05) is 31.5 Å². The molecule has 0 radical (unpaired) electrons. The fourth-order valence-corrected chi connectivity index (χ4v) is 4.33. The van der Waals surface area contributed by atoms with E-state index in [1.807, 2.05) is 60.7 Å². The van der Waals surface area contributed by atoms with Crippen molar-refractivity contribution in [1.29, 1.82) is 0 Å². The van der Waals surface area contributed by atoms with E-state index >= 15 is 0 Å². The highest BCUT2D eigenvalue weighted by Crippen LogP contribution is 2.43. The van der Waals surface area contributed by atoms with Crippen molar-refractivity contribution in [3.05, 3.63) is 77.9 Å². The highest BCUT2D eigenvalue weighted by Gasteiger charge is 2.47. The summed E-state index contributed by atoms with van der Waals surface area (Å²) in [5, 5.41) is 2.22. The SMILES string of the molecule is O=C1OC2(CCN(C(=O)COc3ccc4ccccc4c3)CC2)c2ccccc21. The molecule has 1 amide bonds. The van der Waals surface area contributed by atoms with Crippen LogP contribution < -0.4 is 4.74 Å². The molecule has 3 aromatic carbocycles. The second-order valence-corrected chi connectivity index (χ2v) is 7.61. The molecule has 0 N–H and O–H groups in total. The molecule has 2 heterocycles. The van der Waals surface area contributed by atoms with Crippen LogP contribution in [0.5, 0.6) is 5.75 Å². The second-order valence-electron chi connectivity index (χ2n) is 7.61. The van der Waals surface area contributed by atoms with Crippen molar-refractivity contribution in [2.24, 2.45) is 0 Å². The minimum Gasteiger partial charge on any atom is -0.484 e. The molecular weight excluding hydrogens is 366 g/mol. The lowest BCUT2D eigenvalue weighted by Crippen LogP contribution is -2.46. The van der Waals surface area contributed by atoms with Gasteiger partial charge in [-0.15, -0.1) is 0 Å². The molecule has 0 unspecified atom stereocenters. The minimum atomic E-state index is -0.594. The van der Waals surface area contributed by atoms with E-state index in [1.54, 1.807) is 11.0 Å². The van der Waals surface area contributed by atoms with Crippen LogP contribution in [0.2, 0.25) is 0 Å². The van der Waals surface area contributed by atoms with Gasteiger partial charge in [0.25, 0.3) is 5.91 Å². The Hall–Kier alpha value is -3.34. The number of esters is 1. The third kappa shape index (κ3) is 3.12. The van der Waals surface area contributed by atoms with E-state index in [0.29, 0.717) is 37.2 Å². The molecule has 0 bridgehead atoms. The molecule has 2 aliphatic heterocycles. The third-order valence-electron chi connectivity index (χ3n) is 5.93. The number of nitrogens with zero attached hydrogens (tertiary/aromatic N) is 1. The van der Waals surface area contributed by atoms with Crippen molar-refractivity contribution in [2.45, 2.75) is 18.4 Å². The Morgan fingerprint density at radius 1 is 0.966 bits per heavy atom. The van der Waals surface area contributed by atoms with Gasteiger partial charge in [-0.25, -0.2) is 4.79 Å². The summed E-state index contributed by atoms with van der Waals surface area (Å²) in [6.07, 6.45) is 1.22. The van der Waals surface area contributed by atoms with Crippen LogP contribution in [0.1, 0.15) is 28.8 Å². The number of likely N-dealkylation sites (tertiary alicyclic amines) is 1. The first-order valence-electron chi connectivity index (χ1n) is 9.87. The zero-order chi connectivity index (χ0) is 19.8. The Kier molecular flexibility index (Phi) is 4.23. The number of carbonyl (C=O) groups is 2. The first-order chi connectivity index (χ1) is 14.1. The highest BCUT2D eigenvalue weighted by atomic mass is 16.6. The lowest BCUT2D eigenvalue weighted by molar-refractivity contribution is -0.137. The lowest BCUT2D eigenvalue weighted by Gasteiger charge is -2.38. The zero-order valence-corrected chi connectivity index (χ0v) is 16.0. The first-order valence-corrected chi connectivity index (χ1v) is 9.87. The predicted molar refractivity (Wildman–Crippen MR) is 109 cm³/mol. The standard InChI is InChI=1S/C24H21NO4/c26-22(16-28-19-10-9-17-5-1-2-6-18(17)15-19)25-13-11-24(12-14-25)21-8-4-3-7-20(21)23(27)29-24/h1-10,15H,11-14,16H2. The molecular formula is C24H21NO4. The minimum absolute atomic E-state index is 0.00170. The molecule has 0 saturated carbocycles. The average molecular weight is 387 g/mol. The van der Waals surface area contributed by atoms with Gasteiger partial charge < -0.3 is 14.4 Å². The van der Waals surface area contributed by atoms with Gasteiger partial charge >= 0.3 is 5.97 Å². The van der Waals surface area contributed by atoms with E-state index in [1.165, 1.54) is 0 Å². The molecule has 3 aromatic rings. The van der Waals surface area contributed by atoms with Gasteiger partial charge in [-0.3, -0.25) is 4.79 Å². The van der Waals surface area contributed by atoms with Crippen molar-refractivity contribution >= 4 is 22.6 Å². The summed E-state index contributed by atoms with van der Waals surface area (Å²) < 4.78 is 11.5. The average Bonchev–Trinajstić information content (AvgIpc) is 3.04. The van der Waals surface area contributed by atoms with Crippen molar-refractivity contribution < 1.29 is 19.1 Å². The molecule has 5 nitrogen and oxygen atoms in total. The fraction of sp³-hybridized carbons (Fsp3) is 0.250. The monoisotopic (exact) mass is 387 g/mol. The molecule has 5 rings (SSSR count). The lowest BCUT2D eigenvalue weighted by atomic mass is 9.84. The Labute approximate surface area is 168 Å². The van der Waals surface area contributed by atoms with Gasteiger partial charge in [-0.2, -0.15) is 0 Å². The molecule has 0 aliphatic carbocycles. The Morgan fingerprint density at radius 3 is 2.52 bits per heavy atom. The smallest absolute Gasteiger partial charge is 0.339 e. The Bertz CT molecular complexity index is 1100. The van der Waals surface area contributed by atoms with Crippen molar-refractivity contribution in [3.8, 4) is 5.75 Å². The van der Waals surface area contributed by atoms with Gasteiger partial charge in [0.05, 0.1) is 5.56 Å². The highest BCUT2D eigenvalue weighted by molar-refractivity contribution is 5.94. The Morgan fingerprint density at radius 2 is 1.69 bits per heavy atom. The van der Waals surface area contributed by atoms with Crippen LogP contribution in [0.3, 0.4) is 0 Å². The van der Waals surface area contributed by atoms with E-state index in [9.17, 15) is 9.59 Å². The zero-order valence-electron chi connectivity index (χ0n) is 16.0. The number of amides is 1. The molecule has 2 aliphatic rings. The normalized spacial score (nSPS) is 17.2. The van der Waals surface area contributed by atoms with Gasteiger partial charge in [-0.05, 0) is 29.0 Å². The summed E-state index contributed by atoms with van der Waals surface area (Å²) in [7, 11) is 0. The van der Waals surface area contributed by atoms with Gasteiger partial charge in [-0.1, -0.05) is 48.5 Å². The molecule has 0 atom stereocenters. The van der Waals surface area contributed by atoms with Gasteiger partial charge in [0.15, 0.2) is 6.61 Å². The molecule has 0 aromatic heterocycles. The van der Waals surface area contributed by atoms with E-state index in [2.05, 4.69) is 0 Å². The van der Waals surface area contributed by atoms with Crippen molar-refractivity contribution in [1.82, 2.24) is 4.90 Å².